The number of benzene rings is 2. The van der Waals surface area contributed by atoms with Gasteiger partial charge in [0.1, 0.15) is 5.82 Å². The number of nitrogens with zero attached hydrogens (tertiary/aromatic N) is 4. The van der Waals surface area contributed by atoms with Crippen LogP contribution in [0.2, 0.25) is 0 Å². The Morgan fingerprint density at radius 2 is 1.77 bits per heavy atom. The topological polar surface area (TPSA) is 85.8 Å². The molecule has 4 aromatic rings. The number of nitrogens with one attached hydrogen (secondary N) is 1. The molecule has 0 bridgehead atoms. The molecule has 4 rings (SSSR count). The summed E-state index contributed by atoms with van der Waals surface area (Å²) in [5.41, 5.74) is 3.29. The maximum Gasteiger partial charge on any atom is 0.256 e. The molecule has 0 atom stereocenters. The molecule has 2 aromatic heterocycles. The van der Waals surface area contributed by atoms with Gasteiger partial charge in [-0.25, -0.2) is 4.68 Å². The molecule has 2 heterocycles. The monoisotopic (exact) mass is 401 g/mol. The minimum Gasteiger partial charge on any atom is -0.416 e. The first-order chi connectivity index (χ1) is 14.5. The lowest BCUT2D eigenvalue weighted by molar-refractivity contribution is 0.102. The molecule has 152 valence electrons. The van der Waals surface area contributed by atoms with Crippen LogP contribution in [-0.4, -0.2) is 25.9 Å². The molecule has 1 amide bonds. The molecule has 0 saturated carbocycles. The van der Waals surface area contributed by atoms with Gasteiger partial charge < -0.3 is 9.73 Å². The van der Waals surface area contributed by atoms with E-state index in [1.807, 2.05) is 31.2 Å². The van der Waals surface area contributed by atoms with Crippen molar-refractivity contribution >= 4 is 11.7 Å². The molecule has 0 unspecified atom stereocenters. The van der Waals surface area contributed by atoms with Crippen molar-refractivity contribution in [2.45, 2.75) is 27.3 Å². The van der Waals surface area contributed by atoms with Crippen LogP contribution in [0.25, 0.3) is 22.9 Å². The Hall–Kier alpha value is -3.74. The summed E-state index contributed by atoms with van der Waals surface area (Å²) < 4.78 is 7.61. The molecule has 0 fully saturated rings. The van der Waals surface area contributed by atoms with Crippen molar-refractivity contribution in [2.75, 3.05) is 5.32 Å². The lowest BCUT2D eigenvalue weighted by Crippen LogP contribution is -2.17. The van der Waals surface area contributed by atoms with Gasteiger partial charge in [0, 0.05) is 29.3 Å². The Bertz CT molecular complexity index is 1160. The number of carbonyl (C=O) groups is 1. The van der Waals surface area contributed by atoms with Crippen molar-refractivity contribution < 1.29 is 9.21 Å². The molecule has 1 N–H and O–H groups in total. The minimum atomic E-state index is -0.196. The highest BCUT2D eigenvalue weighted by atomic mass is 16.4. The molecular weight excluding hydrogens is 378 g/mol. The fourth-order valence-electron chi connectivity index (χ4n) is 3.12. The third-order valence-electron chi connectivity index (χ3n) is 4.58. The van der Waals surface area contributed by atoms with E-state index >= 15 is 0 Å². The van der Waals surface area contributed by atoms with Gasteiger partial charge >= 0.3 is 0 Å². The van der Waals surface area contributed by atoms with Crippen molar-refractivity contribution in [3.05, 3.63) is 71.9 Å². The van der Waals surface area contributed by atoms with Crippen molar-refractivity contribution in [3.63, 3.8) is 0 Å². The molecule has 0 aliphatic rings. The number of rotatable bonds is 6. The average molecular weight is 401 g/mol. The van der Waals surface area contributed by atoms with Crippen molar-refractivity contribution in [1.82, 2.24) is 20.0 Å². The van der Waals surface area contributed by atoms with E-state index in [9.17, 15) is 4.79 Å². The highest BCUT2D eigenvalue weighted by Crippen LogP contribution is 2.25. The summed E-state index contributed by atoms with van der Waals surface area (Å²) in [7, 11) is 0. The highest BCUT2D eigenvalue weighted by molar-refractivity contribution is 6.04. The maximum absolute atomic E-state index is 12.6. The molecule has 0 spiro atoms. The van der Waals surface area contributed by atoms with E-state index in [-0.39, 0.29) is 5.91 Å². The van der Waals surface area contributed by atoms with Crippen LogP contribution in [0.15, 0.2) is 65.2 Å². The first-order valence-corrected chi connectivity index (χ1v) is 9.84. The van der Waals surface area contributed by atoms with E-state index in [0.29, 0.717) is 29.1 Å². The second-order valence-corrected chi connectivity index (χ2v) is 7.61. The van der Waals surface area contributed by atoms with Crippen LogP contribution in [0.1, 0.15) is 29.8 Å². The number of aromatic nitrogens is 4. The molecule has 7 nitrogen and oxygen atoms in total. The Balaban J connectivity index is 1.48. The predicted octanol–water partition coefficient (Wildman–Crippen LogP) is 4.82. The number of aryl methyl sites for hydroxylation is 1. The molecule has 0 saturated heterocycles. The summed E-state index contributed by atoms with van der Waals surface area (Å²) in [5.74, 6) is 1.79. The second-order valence-electron chi connectivity index (χ2n) is 7.61. The maximum atomic E-state index is 12.6. The third kappa shape index (κ3) is 4.30. The van der Waals surface area contributed by atoms with Crippen molar-refractivity contribution in [3.8, 4) is 22.9 Å². The molecular formula is C23H23N5O2. The number of hydrogen-bond acceptors (Lipinski definition) is 5. The Labute approximate surface area is 174 Å². The summed E-state index contributed by atoms with van der Waals surface area (Å²) in [5, 5.41) is 15.5. The molecule has 30 heavy (non-hydrogen) atoms. The molecule has 0 aliphatic carbocycles. The molecule has 0 aliphatic heterocycles. The van der Waals surface area contributed by atoms with Gasteiger partial charge in [-0.3, -0.25) is 4.79 Å². The molecule has 7 heteroatoms. The Morgan fingerprint density at radius 1 is 1.03 bits per heavy atom. The molecule has 0 radical (unpaired) electrons. The molecule has 2 aromatic carbocycles. The van der Waals surface area contributed by atoms with Gasteiger partial charge in [-0.15, -0.1) is 10.2 Å². The normalized spacial score (nSPS) is 11.1. The summed E-state index contributed by atoms with van der Waals surface area (Å²) in [6.07, 6.45) is 1.68. The zero-order valence-electron chi connectivity index (χ0n) is 17.2. The van der Waals surface area contributed by atoms with Crippen LogP contribution in [0.3, 0.4) is 0 Å². The van der Waals surface area contributed by atoms with E-state index in [2.05, 4.69) is 34.5 Å². The van der Waals surface area contributed by atoms with Crippen LogP contribution in [0, 0.1) is 12.8 Å². The van der Waals surface area contributed by atoms with Gasteiger partial charge in [0.25, 0.3) is 5.91 Å². The lowest BCUT2D eigenvalue weighted by Gasteiger charge is -2.11. The van der Waals surface area contributed by atoms with E-state index in [1.54, 1.807) is 41.2 Å². The third-order valence-corrected chi connectivity index (χ3v) is 4.58. The Morgan fingerprint density at radius 3 is 2.47 bits per heavy atom. The zero-order chi connectivity index (χ0) is 21.1. The number of carbonyl (C=O) groups excluding carboxylic acids is 1. The minimum absolute atomic E-state index is 0.196. The number of hydrogen-bond donors (Lipinski definition) is 1. The van der Waals surface area contributed by atoms with Gasteiger partial charge in [-0.05, 0) is 49.2 Å². The SMILES string of the molecule is Cc1cccc(-c2nnc(-c3ccc(C(=O)Nc4ccnn4CC(C)C)cc3)o2)c1. The first-order valence-electron chi connectivity index (χ1n) is 9.84. The van der Waals surface area contributed by atoms with Crippen molar-refractivity contribution in [2.24, 2.45) is 5.92 Å². The summed E-state index contributed by atoms with van der Waals surface area (Å²) in [6.45, 7) is 6.96. The van der Waals surface area contributed by atoms with Gasteiger partial charge in [-0.1, -0.05) is 31.5 Å². The van der Waals surface area contributed by atoms with Gasteiger partial charge in [0.15, 0.2) is 0 Å². The Kier molecular flexibility index (Phi) is 5.43. The smallest absolute Gasteiger partial charge is 0.256 e. The fourth-order valence-corrected chi connectivity index (χ4v) is 3.12. The van der Waals surface area contributed by atoms with Crippen LogP contribution in [0.4, 0.5) is 5.82 Å². The van der Waals surface area contributed by atoms with E-state index in [1.165, 1.54) is 0 Å². The van der Waals surface area contributed by atoms with E-state index in [4.69, 9.17) is 4.42 Å². The first kappa shape index (κ1) is 19.6. The van der Waals surface area contributed by atoms with Crippen LogP contribution in [0.5, 0.6) is 0 Å². The van der Waals surface area contributed by atoms with E-state index < -0.39 is 0 Å². The largest absolute Gasteiger partial charge is 0.416 e. The number of amides is 1. The predicted molar refractivity (Wildman–Crippen MR) is 115 cm³/mol. The van der Waals surface area contributed by atoms with Crippen molar-refractivity contribution in [1.29, 1.82) is 0 Å². The zero-order valence-corrected chi connectivity index (χ0v) is 17.2. The quantitative estimate of drug-likeness (QED) is 0.501. The van der Waals surface area contributed by atoms with Gasteiger partial charge in [0.05, 0.1) is 6.20 Å². The summed E-state index contributed by atoms with van der Waals surface area (Å²) in [4.78, 5) is 12.6. The average Bonchev–Trinajstić information content (AvgIpc) is 3.38. The summed E-state index contributed by atoms with van der Waals surface area (Å²) >= 11 is 0. The summed E-state index contributed by atoms with van der Waals surface area (Å²) in [6, 6.07) is 16.8. The second kappa shape index (κ2) is 8.32. The lowest BCUT2D eigenvalue weighted by atomic mass is 10.1. The van der Waals surface area contributed by atoms with Crippen LogP contribution < -0.4 is 5.32 Å². The van der Waals surface area contributed by atoms with Crippen LogP contribution >= 0.6 is 0 Å². The fraction of sp³-hybridized carbons (Fsp3) is 0.217. The standard InChI is InChI=1S/C23H23N5O2/c1-15(2)14-28-20(11-12-24-28)25-21(29)17-7-9-18(10-8-17)22-26-27-23(30-22)19-6-4-5-16(3)13-19/h4-13,15H,14H2,1-3H3,(H,25,29). The van der Waals surface area contributed by atoms with Gasteiger partial charge in [0.2, 0.25) is 11.8 Å². The van der Waals surface area contributed by atoms with E-state index in [0.717, 1.165) is 23.2 Å². The number of anilines is 1. The van der Waals surface area contributed by atoms with Crippen LogP contribution in [-0.2, 0) is 6.54 Å². The highest BCUT2D eigenvalue weighted by Gasteiger charge is 2.13. The van der Waals surface area contributed by atoms with Gasteiger partial charge in [-0.2, -0.15) is 5.10 Å².